The summed E-state index contributed by atoms with van der Waals surface area (Å²) in [7, 11) is 0. The van der Waals surface area contributed by atoms with Gasteiger partial charge >= 0.3 is 0 Å². The van der Waals surface area contributed by atoms with Gasteiger partial charge in [-0.25, -0.2) is 0 Å². The van der Waals surface area contributed by atoms with Gasteiger partial charge in [-0.2, -0.15) is 0 Å². The molecule has 1 heterocycles. The second-order valence-corrected chi connectivity index (χ2v) is 8.43. The normalized spacial score (nSPS) is 11.6. The Balaban J connectivity index is 1.76. The highest BCUT2D eigenvalue weighted by Crippen LogP contribution is 2.26. The third kappa shape index (κ3) is 5.50. The molecule has 3 rings (SSSR count). The monoisotopic (exact) mass is 457 g/mol. The maximum Gasteiger partial charge on any atom is 0.278 e. The molecule has 31 heavy (non-hydrogen) atoms. The zero-order valence-corrected chi connectivity index (χ0v) is 18.6. The Kier molecular flexibility index (Phi) is 7.09. The van der Waals surface area contributed by atoms with Gasteiger partial charge in [0.25, 0.3) is 5.56 Å². The van der Waals surface area contributed by atoms with E-state index >= 15 is 0 Å². The van der Waals surface area contributed by atoms with Gasteiger partial charge in [-0.15, -0.1) is 10.2 Å². The van der Waals surface area contributed by atoms with Crippen molar-refractivity contribution in [3.05, 3.63) is 63.4 Å². The van der Waals surface area contributed by atoms with E-state index < -0.39 is 10.8 Å². The molecular formula is C21H20ClN5O3S. The molecule has 8 nitrogen and oxygen atoms in total. The molecule has 3 N–H and O–H groups in total. The topological polar surface area (TPSA) is 117 Å². The zero-order valence-electron chi connectivity index (χ0n) is 17.0. The van der Waals surface area contributed by atoms with Gasteiger partial charge in [0.15, 0.2) is 10.9 Å². The Hall–Kier alpha value is -3.17. The number of hydrogen-bond acceptors (Lipinski definition) is 6. The molecule has 1 unspecified atom stereocenters. The third-order valence-corrected chi connectivity index (χ3v) is 5.74. The number of rotatable bonds is 6. The quantitative estimate of drug-likeness (QED) is 0.484. The molecule has 1 atom stereocenters. The van der Waals surface area contributed by atoms with Crippen LogP contribution in [0.1, 0.15) is 19.4 Å². The maximum atomic E-state index is 12.6. The summed E-state index contributed by atoms with van der Waals surface area (Å²) in [4.78, 5) is 39.2. The predicted molar refractivity (Wildman–Crippen MR) is 123 cm³/mol. The van der Waals surface area contributed by atoms with Gasteiger partial charge in [-0.1, -0.05) is 47.6 Å². The highest BCUT2D eigenvalue weighted by molar-refractivity contribution is 8.00. The van der Waals surface area contributed by atoms with Gasteiger partial charge in [-0.05, 0) is 37.6 Å². The fraction of sp³-hybridized carbons (Fsp3) is 0.190. The van der Waals surface area contributed by atoms with Crippen molar-refractivity contribution in [1.82, 2.24) is 15.2 Å². The molecule has 0 fully saturated rings. The van der Waals surface area contributed by atoms with Crippen LogP contribution in [0, 0.1) is 6.92 Å². The van der Waals surface area contributed by atoms with Gasteiger partial charge in [0.2, 0.25) is 11.8 Å². The maximum absolute atomic E-state index is 12.6. The average Bonchev–Trinajstić information content (AvgIpc) is 2.72. The Bertz CT molecular complexity index is 1200. The first-order valence-corrected chi connectivity index (χ1v) is 10.6. The van der Waals surface area contributed by atoms with Gasteiger partial charge in [0.05, 0.1) is 10.9 Å². The number of benzene rings is 2. The number of thioether (sulfide) groups is 1. The third-order valence-electron chi connectivity index (χ3n) is 4.35. The van der Waals surface area contributed by atoms with Gasteiger partial charge < -0.3 is 10.6 Å². The van der Waals surface area contributed by atoms with Gasteiger partial charge in [0.1, 0.15) is 0 Å². The molecule has 0 bridgehead atoms. The van der Waals surface area contributed by atoms with E-state index in [1.54, 1.807) is 49.4 Å². The van der Waals surface area contributed by atoms with Crippen LogP contribution in [0.4, 0.5) is 11.4 Å². The fourth-order valence-corrected chi connectivity index (χ4v) is 3.65. The second kappa shape index (κ2) is 9.76. The number of amides is 2. The Morgan fingerprint density at radius 1 is 1.06 bits per heavy atom. The number of H-pyrrole nitrogens is 1. The van der Waals surface area contributed by atoms with Crippen molar-refractivity contribution in [3.8, 4) is 11.3 Å². The molecule has 160 valence electrons. The van der Waals surface area contributed by atoms with Crippen molar-refractivity contribution < 1.29 is 9.59 Å². The van der Waals surface area contributed by atoms with E-state index in [9.17, 15) is 14.4 Å². The number of nitrogens with one attached hydrogen (secondary N) is 3. The highest BCUT2D eigenvalue weighted by Gasteiger charge is 2.19. The van der Waals surface area contributed by atoms with Crippen molar-refractivity contribution in [2.24, 2.45) is 0 Å². The number of aromatic amines is 1. The van der Waals surface area contributed by atoms with Crippen LogP contribution in [-0.2, 0) is 9.59 Å². The highest BCUT2D eigenvalue weighted by atomic mass is 35.5. The number of halogens is 1. The lowest BCUT2D eigenvalue weighted by atomic mass is 10.1. The fourth-order valence-electron chi connectivity index (χ4n) is 2.74. The van der Waals surface area contributed by atoms with Crippen molar-refractivity contribution in [3.63, 3.8) is 0 Å². The van der Waals surface area contributed by atoms with Crippen LogP contribution in [0.5, 0.6) is 0 Å². The molecule has 2 amide bonds. The summed E-state index contributed by atoms with van der Waals surface area (Å²) in [5.74, 6) is -0.531. The number of hydrogen-bond donors (Lipinski definition) is 3. The van der Waals surface area contributed by atoms with Crippen molar-refractivity contribution in [2.45, 2.75) is 31.2 Å². The van der Waals surface area contributed by atoms with E-state index in [0.717, 1.165) is 17.3 Å². The first-order valence-electron chi connectivity index (χ1n) is 9.33. The SMILES string of the molecule is CC(=O)Nc1ccccc1-c1nnc(SC(C)C(=O)Nc2cccc(Cl)c2C)[nH]c1=O. The number of anilines is 2. The molecule has 0 aliphatic carbocycles. The van der Waals surface area contributed by atoms with E-state index in [4.69, 9.17) is 11.6 Å². The largest absolute Gasteiger partial charge is 0.326 e. The number of para-hydroxylation sites is 1. The summed E-state index contributed by atoms with van der Waals surface area (Å²) >= 11 is 7.16. The zero-order chi connectivity index (χ0) is 22.5. The molecule has 0 saturated carbocycles. The van der Waals surface area contributed by atoms with Crippen LogP contribution in [0.2, 0.25) is 5.02 Å². The molecule has 3 aromatic rings. The molecule has 0 aliphatic heterocycles. The van der Waals surface area contributed by atoms with Gasteiger partial charge in [0, 0.05) is 23.2 Å². The molecule has 0 aliphatic rings. The molecule has 10 heteroatoms. The molecule has 0 spiro atoms. The first kappa shape index (κ1) is 22.5. The van der Waals surface area contributed by atoms with Crippen molar-refractivity contribution >= 4 is 46.6 Å². The van der Waals surface area contributed by atoms with E-state index in [2.05, 4.69) is 25.8 Å². The Morgan fingerprint density at radius 2 is 1.77 bits per heavy atom. The summed E-state index contributed by atoms with van der Waals surface area (Å²) < 4.78 is 0. The molecular weight excluding hydrogens is 438 g/mol. The van der Waals surface area contributed by atoms with Crippen molar-refractivity contribution in [2.75, 3.05) is 10.6 Å². The van der Waals surface area contributed by atoms with Crippen LogP contribution in [0.15, 0.2) is 52.4 Å². The Labute approximate surface area is 187 Å². The average molecular weight is 458 g/mol. The van der Waals surface area contributed by atoms with Crippen LogP contribution in [0.3, 0.4) is 0 Å². The lowest BCUT2D eigenvalue weighted by molar-refractivity contribution is -0.115. The minimum atomic E-state index is -0.555. The minimum Gasteiger partial charge on any atom is -0.326 e. The smallest absolute Gasteiger partial charge is 0.278 e. The molecule has 0 radical (unpaired) electrons. The number of carbonyl (C=O) groups is 2. The van der Waals surface area contributed by atoms with Crippen LogP contribution < -0.4 is 16.2 Å². The van der Waals surface area contributed by atoms with E-state index in [-0.39, 0.29) is 22.7 Å². The van der Waals surface area contributed by atoms with Crippen LogP contribution in [-0.4, -0.2) is 32.2 Å². The lowest BCUT2D eigenvalue weighted by Crippen LogP contribution is -2.24. The van der Waals surface area contributed by atoms with Gasteiger partial charge in [-0.3, -0.25) is 19.4 Å². The lowest BCUT2D eigenvalue weighted by Gasteiger charge is -2.13. The summed E-state index contributed by atoms with van der Waals surface area (Å²) in [6.45, 7) is 4.89. The number of nitrogens with zero attached hydrogens (tertiary/aromatic N) is 2. The predicted octanol–water partition coefficient (Wildman–Crippen LogP) is 3.87. The summed E-state index contributed by atoms with van der Waals surface area (Å²) in [5.41, 5.74) is 1.89. The first-order chi connectivity index (χ1) is 14.8. The molecule has 0 saturated heterocycles. The Morgan fingerprint density at radius 3 is 2.48 bits per heavy atom. The van der Waals surface area contributed by atoms with Crippen LogP contribution >= 0.6 is 23.4 Å². The second-order valence-electron chi connectivity index (χ2n) is 6.70. The van der Waals surface area contributed by atoms with Crippen molar-refractivity contribution in [1.29, 1.82) is 0 Å². The van der Waals surface area contributed by atoms with E-state index in [1.807, 2.05) is 6.92 Å². The summed E-state index contributed by atoms with van der Waals surface area (Å²) in [6.07, 6.45) is 0. The molecule has 2 aromatic carbocycles. The summed E-state index contributed by atoms with van der Waals surface area (Å²) in [5, 5.41) is 13.8. The number of carbonyl (C=O) groups excluding carboxylic acids is 2. The standard InChI is InChI=1S/C21H20ClN5O3S/c1-11-15(22)8-6-10-16(11)24-19(29)12(2)31-21-25-20(30)18(26-27-21)14-7-4-5-9-17(14)23-13(3)28/h4-10,12H,1-3H3,(H,23,28)(H,24,29)(H,25,27,30). The van der Waals surface area contributed by atoms with E-state index in [0.29, 0.717) is 22.0 Å². The summed E-state index contributed by atoms with van der Waals surface area (Å²) in [6, 6.07) is 12.1. The van der Waals surface area contributed by atoms with E-state index in [1.165, 1.54) is 6.92 Å². The minimum absolute atomic E-state index is 0.0698. The number of aromatic nitrogens is 3. The molecule has 1 aromatic heterocycles. The van der Waals surface area contributed by atoms with Crippen LogP contribution in [0.25, 0.3) is 11.3 Å².